The maximum atomic E-state index is 9.64. The second-order valence-electron chi connectivity index (χ2n) is 3.88. The molecule has 20 heavy (non-hydrogen) atoms. The van der Waals surface area contributed by atoms with Gasteiger partial charge in [-0.15, -0.1) is 10.2 Å². The molecule has 0 saturated heterocycles. The molecular weight excluding hydrogens is 280 g/mol. The molecule has 7 N–H and O–H groups in total. The normalized spacial score (nSPS) is 11.1. The summed E-state index contributed by atoms with van der Waals surface area (Å²) in [5.74, 6) is -0.717. The van der Waals surface area contributed by atoms with Crippen LogP contribution < -0.4 is 10.9 Å². The summed E-state index contributed by atoms with van der Waals surface area (Å²) in [5, 5.41) is 41.8. The molecule has 0 aliphatic carbocycles. The van der Waals surface area contributed by atoms with E-state index in [-0.39, 0.29) is 34.3 Å². The first-order valence-corrected chi connectivity index (χ1v) is 6.32. The van der Waals surface area contributed by atoms with Gasteiger partial charge in [0.25, 0.3) is 0 Å². The van der Waals surface area contributed by atoms with E-state index in [0.29, 0.717) is 4.90 Å². The van der Waals surface area contributed by atoms with Crippen LogP contribution >= 0.6 is 11.9 Å². The van der Waals surface area contributed by atoms with Crippen LogP contribution in [0.25, 0.3) is 0 Å². The average molecular weight is 292 g/mol. The lowest BCUT2D eigenvalue weighted by atomic mass is 10.2. The highest BCUT2D eigenvalue weighted by molar-refractivity contribution is 7.97. The number of hydrogen-bond donors (Lipinski definition) is 5. The molecule has 0 radical (unpaired) electrons. The molecular formula is C12H12N4O3S. The number of anilines is 1. The molecule has 0 aliphatic rings. The lowest BCUT2D eigenvalue weighted by molar-refractivity contribution is 0.453. The van der Waals surface area contributed by atoms with Crippen LogP contribution in [0.15, 0.2) is 45.5 Å². The number of rotatable bonds is 3. The largest absolute Gasteiger partial charge is 0.506 e. The molecule has 0 aliphatic heterocycles. The second kappa shape index (κ2) is 5.68. The van der Waals surface area contributed by atoms with Crippen molar-refractivity contribution in [2.24, 2.45) is 15.4 Å². The Morgan fingerprint density at radius 2 is 1.55 bits per heavy atom. The first kappa shape index (κ1) is 14.0. The van der Waals surface area contributed by atoms with Gasteiger partial charge < -0.3 is 21.1 Å². The summed E-state index contributed by atoms with van der Waals surface area (Å²) in [7, 11) is 0. The Balaban J connectivity index is 2.39. The Bertz CT molecular complexity index is 653. The molecule has 0 spiro atoms. The fourth-order valence-electron chi connectivity index (χ4n) is 1.49. The molecule has 104 valence electrons. The van der Waals surface area contributed by atoms with E-state index in [1.807, 2.05) is 0 Å². The van der Waals surface area contributed by atoms with Gasteiger partial charge in [0, 0.05) is 22.7 Å². The molecule has 2 rings (SSSR count). The minimum Gasteiger partial charge on any atom is -0.506 e. The number of azo groups is 1. The summed E-state index contributed by atoms with van der Waals surface area (Å²) in [6.07, 6.45) is 0. The van der Waals surface area contributed by atoms with Gasteiger partial charge in [-0.3, -0.25) is 5.14 Å². The molecule has 0 aromatic heterocycles. The van der Waals surface area contributed by atoms with Crippen molar-refractivity contribution >= 4 is 29.0 Å². The smallest absolute Gasteiger partial charge is 0.169 e. The van der Waals surface area contributed by atoms with Crippen molar-refractivity contribution in [3.8, 4) is 17.2 Å². The number of phenols is 3. The second-order valence-corrected chi connectivity index (χ2v) is 4.58. The Morgan fingerprint density at radius 1 is 0.900 bits per heavy atom. The van der Waals surface area contributed by atoms with E-state index in [2.05, 4.69) is 10.2 Å². The van der Waals surface area contributed by atoms with Crippen molar-refractivity contribution in [3.05, 3.63) is 30.3 Å². The Labute approximate surface area is 118 Å². The highest BCUT2D eigenvalue weighted by Gasteiger charge is 2.09. The Morgan fingerprint density at radius 3 is 2.15 bits per heavy atom. The zero-order chi connectivity index (χ0) is 14.7. The zero-order valence-corrected chi connectivity index (χ0v) is 11.0. The summed E-state index contributed by atoms with van der Waals surface area (Å²) < 4.78 is 0. The number of nitrogen functional groups attached to an aromatic ring is 1. The van der Waals surface area contributed by atoms with Crippen LogP contribution in [-0.4, -0.2) is 15.3 Å². The van der Waals surface area contributed by atoms with Crippen molar-refractivity contribution in [3.63, 3.8) is 0 Å². The van der Waals surface area contributed by atoms with Crippen LogP contribution in [-0.2, 0) is 0 Å². The van der Waals surface area contributed by atoms with Crippen molar-refractivity contribution in [1.29, 1.82) is 0 Å². The molecule has 2 aromatic carbocycles. The molecule has 7 nitrogen and oxygen atoms in total. The lowest BCUT2D eigenvalue weighted by Gasteiger charge is -2.03. The van der Waals surface area contributed by atoms with E-state index in [0.717, 1.165) is 11.9 Å². The van der Waals surface area contributed by atoms with Crippen LogP contribution in [0.3, 0.4) is 0 Å². The number of nitrogens with two attached hydrogens (primary N) is 2. The number of aromatic hydroxyl groups is 3. The average Bonchev–Trinajstić information content (AvgIpc) is 2.39. The van der Waals surface area contributed by atoms with Gasteiger partial charge in [0.05, 0.1) is 0 Å². The third kappa shape index (κ3) is 2.92. The summed E-state index contributed by atoms with van der Waals surface area (Å²) >= 11 is 0.994. The van der Waals surface area contributed by atoms with Crippen molar-refractivity contribution in [2.45, 2.75) is 4.90 Å². The van der Waals surface area contributed by atoms with Gasteiger partial charge in [-0.25, -0.2) is 0 Å². The molecule has 0 bridgehead atoms. The van der Waals surface area contributed by atoms with Crippen molar-refractivity contribution in [2.75, 3.05) is 5.73 Å². The topological polar surface area (TPSA) is 137 Å². The van der Waals surface area contributed by atoms with E-state index in [9.17, 15) is 15.3 Å². The molecule has 0 heterocycles. The molecule has 0 atom stereocenters. The quantitative estimate of drug-likeness (QED) is 0.335. The highest BCUT2D eigenvalue weighted by atomic mass is 32.2. The fraction of sp³-hybridized carbons (Fsp3) is 0. The lowest BCUT2D eigenvalue weighted by Crippen LogP contribution is -1.83. The number of nitrogens with zero attached hydrogens (tertiary/aromatic N) is 2. The van der Waals surface area contributed by atoms with E-state index in [1.165, 1.54) is 24.3 Å². The molecule has 2 aromatic rings. The molecule has 0 amide bonds. The maximum Gasteiger partial charge on any atom is 0.169 e. The van der Waals surface area contributed by atoms with E-state index < -0.39 is 0 Å². The minimum atomic E-state index is -0.310. The third-order valence-corrected chi connectivity index (χ3v) is 2.96. The van der Waals surface area contributed by atoms with Gasteiger partial charge in [-0.05, 0) is 30.1 Å². The van der Waals surface area contributed by atoms with Crippen molar-refractivity contribution < 1.29 is 15.3 Å². The summed E-state index contributed by atoms with van der Waals surface area (Å²) in [6.45, 7) is 0. The fourth-order valence-corrected chi connectivity index (χ4v) is 1.81. The monoisotopic (exact) mass is 292 g/mol. The van der Waals surface area contributed by atoms with Crippen LogP contribution in [0.4, 0.5) is 17.1 Å². The summed E-state index contributed by atoms with van der Waals surface area (Å²) in [4.78, 5) is 0.683. The molecule has 0 fully saturated rings. The van der Waals surface area contributed by atoms with Gasteiger partial charge in [0.1, 0.15) is 22.9 Å². The Kier molecular flexibility index (Phi) is 3.97. The van der Waals surface area contributed by atoms with Gasteiger partial charge in [-0.2, -0.15) is 0 Å². The summed E-state index contributed by atoms with van der Waals surface area (Å²) in [6, 6.07) is 7.04. The maximum absolute atomic E-state index is 9.64. The van der Waals surface area contributed by atoms with Gasteiger partial charge in [-0.1, -0.05) is 0 Å². The van der Waals surface area contributed by atoms with E-state index in [1.54, 1.807) is 6.07 Å². The predicted molar refractivity (Wildman–Crippen MR) is 76.5 cm³/mol. The van der Waals surface area contributed by atoms with Crippen LogP contribution in [0.5, 0.6) is 17.2 Å². The molecule has 0 saturated carbocycles. The number of benzene rings is 2. The Hall–Kier alpha value is -2.45. The van der Waals surface area contributed by atoms with Crippen molar-refractivity contribution in [1.82, 2.24) is 0 Å². The first-order chi connectivity index (χ1) is 9.51. The highest BCUT2D eigenvalue weighted by Crippen LogP contribution is 2.40. The first-order valence-electron chi connectivity index (χ1n) is 5.44. The van der Waals surface area contributed by atoms with E-state index in [4.69, 9.17) is 10.9 Å². The summed E-state index contributed by atoms with van der Waals surface area (Å²) in [5.41, 5.74) is 5.67. The van der Waals surface area contributed by atoms with Crippen LogP contribution in [0.1, 0.15) is 0 Å². The van der Waals surface area contributed by atoms with Gasteiger partial charge in [0.15, 0.2) is 5.69 Å². The third-order valence-electron chi connectivity index (χ3n) is 2.43. The predicted octanol–water partition coefficient (Wildman–Crippen LogP) is 2.77. The molecule has 8 heteroatoms. The van der Waals surface area contributed by atoms with Gasteiger partial charge >= 0.3 is 0 Å². The van der Waals surface area contributed by atoms with Crippen LogP contribution in [0.2, 0.25) is 0 Å². The van der Waals surface area contributed by atoms with Crippen LogP contribution in [0, 0.1) is 0 Å². The zero-order valence-electron chi connectivity index (χ0n) is 10.2. The SMILES string of the molecule is NSc1ccc(O)c(N=Nc2c(O)cc(N)cc2O)c1. The number of phenolic OH excluding ortho intramolecular Hbond substituents is 3. The van der Waals surface area contributed by atoms with Gasteiger partial charge in [0.2, 0.25) is 0 Å². The van der Waals surface area contributed by atoms with E-state index >= 15 is 0 Å². The minimum absolute atomic E-state index is 0.0963. The molecule has 0 unspecified atom stereocenters. The number of hydrogen-bond acceptors (Lipinski definition) is 8. The standard InChI is InChI=1S/C12H12N4O3S/c13-6-3-10(18)12(11(19)4-6)16-15-8-5-7(20-14)1-2-9(8)17/h1-5,17-19H,13-14H2.